The molecule has 100 heavy (non-hydrogen) atoms. The average molecular weight is 1270 g/mol. The maximum atomic E-state index is 2.21. The fraction of sp³-hybridized carbons (Fsp3) is 0. The number of hydrogen-bond acceptors (Lipinski definition) is 0. The van der Waals surface area contributed by atoms with Crippen molar-refractivity contribution in [3.8, 4) is 0 Å². The maximum absolute atomic E-state index is 2.21. The molecule has 0 aliphatic rings. The molecule has 0 amide bonds. The van der Waals surface area contributed by atoms with E-state index in [1.54, 1.807) is 0 Å². The number of rotatable bonds is 0. The largest absolute Gasteiger partial charge is 0.0616 e. The van der Waals surface area contributed by atoms with Gasteiger partial charge in [-0.1, -0.05) is 425 Å². The van der Waals surface area contributed by atoms with E-state index in [2.05, 4.69) is 425 Å². The van der Waals surface area contributed by atoms with Gasteiger partial charge in [0.05, 0.1) is 0 Å². The van der Waals surface area contributed by atoms with E-state index in [0.717, 1.165) is 0 Å². The smallest absolute Gasteiger partial charge is 0.00268 e. The van der Waals surface area contributed by atoms with Crippen molar-refractivity contribution in [2.45, 2.75) is 0 Å². The highest BCUT2D eigenvalue weighted by molar-refractivity contribution is 6.23. The van der Waals surface area contributed by atoms with Gasteiger partial charge in [-0.3, -0.25) is 0 Å². The van der Waals surface area contributed by atoms with Crippen LogP contribution in [-0.2, 0) is 0 Å². The van der Waals surface area contributed by atoms with Gasteiger partial charge < -0.3 is 0 Å². The molecule has 0 nitrogen and oxygen atoms in total. The van der Waals surface area contributed by atoms with E-state index in [9.17, 15) is 0 Å². The molecular weight excluding hydrogens is 1200 g/mol. The van der Waals surface area contributed by atoms with Crippen molar-refractivity contribution in [3.63, 3.8) is 0 Å². The molecular formula is C100H70. The minimum atomic E-state index is 1.31. The van der Waals surface area contributed by atoms with Crippen LogP contribution in [0.3, 0.4) is 0 Å². The van der Waals surface area contributed by atoms with Crippen LogP contribution < -0.4 is 0 Å². The SMILES string of the molecule is c1cc2ccc3cccc4ccc(c1)c2c34.c1ccc2c(c1)ccc1ccccc12.c1ccc2c(c1)ccc1ccccc12.c1ccc2c(c1)ccc1ccccc12.c1ccc2c(c1)ccc1ccccc12.c1ccc2c(c1)ccc1ccccc12.c1ccc2c(c1)ccc1ccccc12. The second-order valence-corrected chi connectivity index (χ2v) is 25.3. The summed E-state index contributed by atoms with van der Waals surface area (Å²) in [5.74, 6) is 0. The zero-order chi connectivity index (χ0) is 66.8. The summed E-state index contributed by atoms with van der Waals surface area (Å²) in [5.41, 5.74) is 0. The van der Waals surface area contributed by atoms with E-state index in [4.69, 9.17) is 0 Å². The first-order valence-electron chi connectivity index (χ1n) is 34.5. The van der Waals surface area contributed by atoms with Gasteiger partial charge in [0.25, 0.3) is 0 Å². The summed E-state index contributed by atoms with van der Waals surface area (Å²) in [6, 6.07) is 150. The Morgan fingerprint density at radius 2 is 0.160 bits per heavy atom. The molecule has 22 rings (SSSR count). The van der Waals surface area contributed by atoms with E-state index in [-0.39, 0.29) is 0 Å². The molecule has 0 saturated carbocycles. The molecule has 0 N–H and O–H groups in total. The highest BCUT2D eigenvalue weighted by Crippen LogP contribution is 2.35. The van der Waals surface area contributed by atoms with Gasteiger partial charge in [0.1, 0.15) is 0 Å². The molecule has 0 aliphatic heterocycles. The molecule has 0 radical (unpaired) electrons. The lowest BCUT2D eigenvalue weighted by molar-refractivity contribution is 1.76. The fourth-order valence-electron chi connectivity index (χ4n) is 14.4. The van der Waals surface area contributed by atoms with Gasteiger partial charge in [0.2, 0.25) is 0 Å². The first-order chi connectivity index (χ1) is 49.6. The zero-order valence-electron chi connectivity index (χ0n) is 55.4. The summed E-state index contributed by atoms with van der Waals surface area (Å²) in [6.07, 6.45) is 0. The molecule has 0 heteroatoms. The molecule has 0 heterocycles. The second kappa shape index (κ2) is 28.8. The van der Waals surface area contributed by atoms with Gasteiger partial charge in [-0.15, -0.1) is 0 Å². The van der Waals surface area contributed by atoms with Gasteiger partial charge in [-0.2, -0.15) is 0 Å². The van der Waals surface area contributed by atoms with E-state index in [0.29, 0.717) is 0 Å². The molecule has 0 aliphatic carbocycles. The molecule has 0 unspecified atom stereocenters. The Balaban J connectivity index is 0.0000000908. The number of benzene rings is 22. The van der Waals surface area contributed by atoms with Gasteiger partial charge >= 0.3 is 0 Å². The predicted octanol–water partition coefficient (Wildman–Crippen LogP) is 28.5. The first kappa shape index (κ1) is 61.8. The third-order valence-corrected chi connectivity index (χ3v) is 19.3. The van der Waals surface area contributed by atoms with E-state index >= 15 is 0 Å². The highest BCUT2D eigenvalue weighted by Gasteiger charge is 2.08. The van der Waals surface area contributed by atoms with Gasteiger partial charge in [0, 0.05) is 0 Å². The van der Waals surface area contributed by atoms with Crippen molar-refractivity contribution in [3.05, 3.63) is 425 Å². The summed E-state index contributed by atoms with van der Waals surface area (Å²) in [7, 11) is 0. The average Bonchev–Trinajstić information content (AvgIpc) is 0.757. The van der Waals surface area contributed by atoms with Crippen LogP contribution in [0.5, 0.6) is 0 Å². The Hall–Kier alpha value is -13.0. The molecule has 0 saturated heterocycles. The van der Waals surface area contributed by atoms with Crippen molar-refractivity contribution in [1.82, 2.24) is 0 Å². The Kier molecular flexibility index (Phi) is 17.8. The minimum absolute atomic E-state index is 1.31. The topological polar surface area (TPSA) is 0 Å². The molecule has 470 valence electrons. The van der Waals surface area contributed by atoms with Crippen LogP contribution in [-0.4, -0.2) is 0 Å². The zero-order valence-corrected chi connectivity index (χ0v) is 55.4. The van der Waals surface area contributed by atoms with Crippen molar-refractivity contribution < 1.29 is 0 Å². The second-order valence-electron chi connectivity index (χ2n) is 25.3. The lowest BCUT2D eigenvalue weighted by Gasteiger charge is -2.09. The normalized spacial score (nSPS) is 11.0. The van der Waals surface area contributed by atoms with Crippen LogP contribution in [0.2, 0.25) is 0 Å². The van der Waals surface area contributed by atoms with Crippen LogP contribution >= 0.6 is 0 Å². The quantitative estimate of drug-likeness (QED) is 0.133. The molecule has 0 fully saturated rings. The van der Waals surface area contributed by atoms with Gasteiger partial charge in [0.15, 0.2) is 0 Å². The Labute approximate surface area is 582 Å². The van der Waals surface area contributed by atoms with Crippen molar-refractivity contribution >= 4 is 162 Å². The Morgan fingerprint density at radius 1 is 0.0700 bits per heavy atom. The molecule has 0 atom stereocenters. The maximum Gasteiger partial charge on any atom is -0.00268 e. The third kappa shape index (κ3) is 13.0. The Bertz CT molecular complexity index is 5300. The Morgan fingerprint density at radius 3 is 0.280 bits per heavy atom. The van der Waals surface area contributed by atoms with Crippen LogP contribution in [0, 0.1) is 0 Å². The van der Waals surface area contributed by atoms with Crippen molar-refractivity contribution in [1.29, 1.82) is 0 Å². The van der Waals surface area contributed by atoms with Crippen LogP contribution in [0.25, 0.3) is 162 Å². The van der Waals surface area contributed by atoms with E-state index in [1.165, 1.54) is 162 Å². The number of hydrogen-bond donors (Lipinski definition) is 0. The van der Waals surface area contributed by atoms with Crippen molar-refractivity contribution in [2.75, 3.05) is 0 Å². The monoisotopic (exact) mass is 1270 g/mol. The van der Waals surface area contributed by atoms with Crippen LogP contribution in [0.1, 0.15) is 0 Å². The fourth-order valence-corrected chi connectivity index (χ4v) is 14.4. The summed E-state index contributed by atoms with van der Waals surface area (Å²) in [6.45, 7) is 0. The van der Waals surface area contributed by atoms with E-state index in [1.807, 2.05) is 0 Å². The molecule has 0 bridgehead atoms. The minimum Gasteiger partial charge on any atom is -0.0616 e. The summed E-state index contributed by atoms with van der Waals surface area (Å²) in [5, 5.41) is 39.9. The summed E-state index contributed by atoms with van der Waals surface area (Å²) < 4.78 is 0. The predicted molar refractivity (Wildman–Crippen MR) is 439 cm³/mol. The van der Waals surface area contributed by atoms with Crippen LogP contribution in [0.15, 0.2) is 425 Å². The highest BCUT2D eigenvalue weighted by atomic mass is 14.1. The molecule has 0 aromatic heterocycles. The lowest BCUT2D eigenvalue weighted by Crippen LogP contribution is -1.82. The standard InChI is InChI=1S/C16H10.6C14H10/c1-3-11-7-9-13-5-2-6-14-10-8-12(4-1)15(11)16(13)14;6*1-3-7-13-11(5-1)9-10-12-6-2-4-8-14(12)13/h1-10H;6*1-10H. The lowest BCUT2D eigenvalue weighted by atomic mass is 9.95. The molecule has 0 spiro atoms. The third-order valence-electron chi connectivity index (χ3n) is 19.3. The summed E-state index contributed by atoms with van der Waals surface area (Å²) in [4.78, 5) is 0. The number of fused-ring (bicyclic) bond motifs is 18. The molecule has 22 aromatic rings. The van der Waals surface area contributed by atoms with Gasteiger partial charge in [-0.05, 0) is 162 Å². The van der Waals surface area contributed by atoms with Crippen LogP contribution in [0.4, 0.5) is 0 Å². The van der Waals surface area contributed by atoms with Crippen molar-refractivity contribution in [2.24, 2.45) is 0 Å². The van der Waals surface area contributed by atoms with E-state index < -0.39 is 0 Å². The molecule has 22 aromatic carbocycles. The summed E-state index contributed by atoms with van der Waals surface area (Å²) >= 11 is 0. The first-order valence-corrected chi connectivity index (χ1v) is 34.5. The van der Waals surface area contributed by atoms with Gasteiger partial charge in [-0.25, -0.2) is 0 Å².